The summed E-state index contributed by atoms with van der Waals surface area (Å²) in [6, 6.07) is 4.61. The molecule has 0 saturated heterocycles. The summed E-state index contributed by atoms with van der Waals surface area (Å²) >= 11 is 0. The number of benzene rings is 1. The smallest absolute Gasteiger partial charge is 0.311 e. The van der Waals surface area contributed by atoms with Gasteiger partial charge in [-0.3, -0.25) is 14.3 Å². The molecule has 0 aromatic heterocycles. The number of hydrogen-bond acceptors (Lipinski definition) is 5. The van der Waals surface area contributed by atoms with E-state index in [2.05, 4.69) is 5.32 Å². The summed E-state index contributed by atoms with van der Waals surface area (Å²) < 4.78 is 16.4. The van der Waals surface area contributed by atoms with Crippen LogP contribution in [0, 0.1) is 10.1 Å². The average molecular weight is 286 g/mol. The Kier molecular flexibility index (Phi) is 5.75. The summed E-state index contributed by atoms with van der Waals surface area (Å²) in [4.78, 5) is 10.4. The van der Waals surface area contributed by atoms with Gasteiger partial charge in [-0.2, -0.15) is 0 Å². The second-order valence-corrected chi connectivity index (χ2v) is 5.86. The van der Waals surface area contributed by atoms with Crippen molar-refractivity contribution in [1.82, 2.24) is 0 Å². The van der Waals surface area contributed by atoms with Crippen LogP contribution >= 0.6 is 0 Å². The van der Waals surface area contributed by atoms with Gasteiger partial charge in [-0.25, -0.2) is 0 Å². The van der Waals surface area contributed by atoms with Gasteiger partial charge in [0.2, 0.25) is 0 Å². The van der Waals surface area contributed by atoms with E-state index in [9.17, 15) is 14.3 Å². The normalized spacial score (nSPS) is 12.2. The van der Waals surface area contributed by atoms with Gasteiger partial charge in [-0.05, 0) is 19.9 Å². The largest absolute Gasteiger partial charge is 0.484 e. The second-order valence-electron chi connectivity index (χ2n) is 4.31. The molecule has 1 aromatic carbocycles. The third-order valence-electron chi connectivity index (χ3n) is 2.24. The Morgan fingerprint density at radius 1 is 1.47 bits per heavy atom. The average Bonchev–Trinajstić information content (AvgIpc) is 2.27. The minimum atomic E-state index is -0.867. The molecular weight excluding hydrogens is 268 g/mol. The first-order valence-corrected chi connectivity index (χ1v) is 7.62. The number of hydrogen-bond donors (Lipinski definition) is 1. The maximum atomic E-state index is 10.9. The van der Waals surface area contributed by atoms with Crippen LogP contribution in [-0.4, -0.2) is 33.8 Å². The molecule has 1 aromatic rings. The van der Waals surface area contributed by atoms with Crippen LogP contribution in [0.3, 0.4) is 0 Å². The Morgan fingerprint density at radius 2 is 2.16 bits per heavy atom. The molecule has 0 fully saturated rings. The predicted octanol–water partition coefficient (Wildman–Crippen LogP) is 2.17. The Hall–Kier alpha value is -1.63. The molecule has 7 heteroatoms. The first-order chi connectivity index (χ1) is 8.90. The molecule has 0 saturated carbocycles. The van der Waals surface area contributed by atoms with Gasteiger partial charge in [0.25, 0.3) is 0 Å². The minimum absolute atomic E-state index is 0.0571. The molecule has 19 heavy (non-hydrogen) atoms. The molecule has 6 nitrogen and oxygen atoms in total. The van der Waals surface area contributed by atoms with Crippen LogP contribution in [0.25, 0.3) is 0 Å². The van der Waals surface area contributed by atoms with Crippen LogP contribution in [0.4, 0.5) is 11.4 Å². The molecule has 0 aliphatic rings. The maximum Gasteiger partial charge on any atom is 0.311 e. The highest BCUT2D eigenvalue weighted by molar-refractivity contribution is 7.84. The summed E-state index contributed by atoms with van der Waals surface area (Å²) in [6.45, 7) is 4.16. The van der Waals surface area contributed by atoms with Crippen molar-refractivity contribution in [1.29, 1.82) is 0 Å². The van der Waals surface area contributed by atoms with E-state index < -0.39 is 15.7 Å². The Balaban J connectivity index is 2.85. The van der Waals surface area contributed by atoms with Crippen LogP contribution in [0.2, 0.25) is 0 Å². The van der Waals surface area contributed by atoms with Crippen molar-refractivity contribution in [3.8, 4) is 5.75 Å². The maximum absolute atomic E-state index is 10.9. The van der Waals surface area contributed by atoms with E-state index in [0.717, 1.165) is 0 Å². The first kappa shape index (κ1) is 15.4. The van der Waals surface area contributed by atoms with Crippen molar-refractivity contribution in [2.45, 2.75) is 20.0 Å². The number of ether oxygens (including phenoxy) is 1. The van der Waals surface area contributed by atoms with Crippen LogP contribution in [0.15, 0.2) is 18.2 Å². The Bertz CT molecular complexity index is 477. The zero-order valence-corrected chi connectivity index (χ0v) is 12.0. The lowest BCUT2D eigenvalue weighted by molar-refractivity contribution is -0.386. The highest BCUT2D eigenvalue weighted by atomic mass is 32.2. The van der Waals surface area contributed by atoms with E-state index >= 15 is 0 Å². The van der Waals surface area contributed by atoms with E-state index in [4.69, 9.17) is 4.74 Å². The summed E-state index contributed by atoms with van der Waals surface area (Å²) in [6.07, 6.45) is 1.49. The third kappa shape index (κ3) is 5.25. The van der Waals surface area contributed by atoms with Gasteiger partial charge in [-0.15, -0.1) is 0 Å². The van der Waals surface area contributed by atoms with Crippen molar-refractivity contribution >= 4 is 22.2 Å². The molecule has 0 aliphatic heterocycles. The van der Waals surface area contributed by atoms with Crippen LogP contribution in [-0.2, 0) is 10.8 Å². The van der Waals surface area contributed by atoms with E-state index in [1.54, 1.807) is 18.4 Å². The van der Waals surface area contributed by atoms with E-state index in [-0.39, 0.29) is 17.5 Å². The molecule has 106 valence electrons. The van der Waals surface area contributed by atoms with Crippen molar-refractivity contribution in [3.63, 3.8) is 0 Å². The fourth-order valence-electron chi connectivity index (χ4n) is 1.46. The van der Waals surface area contributed by atoms with E-state index in [1.807, 2.05) is 13.8 Å². The Morgan fingerprint density at radius 3 is 2.68 bits per heavy atom. The van der Waals surface area contributed by atoms with Gasteiger partial charge in [-0.1, -0.05) is 0 Å². The molecule has 0 heterocycles. The van der Waals surface area contributed by atoms with Crippen molar-refractivity contribution in [3.05, 3.63) is 28.3 Å². The molecule has 1 unspecified atom stereocenters. The summed E-state index contributed by atoms with van der Waals surface area (Å²) in [5.41, 5.74) is 0.657. The number of anilines is 1. The number of nitrogens with zero attached hydrogens (tertiary/aromatic N) is 1. The van der Waals surface area contributed by atoms with E-state index in [0.29, 0.717) is 18.0 Å². The molecule has 0 spiro atoms. The van der Waals surface area contributed by atoms with Gasteiger partial charge in [0.05, 0.1) is 11.0 Å². The number of nitro benzene ring substituents is 1. The third-order valence-corrected chi connectivity index (χ3v) is 3.02. The summed E-state index contributed by atoms with van der Waals surface area (Å²) in [5.74, 6) is 0.764. The molecular formula is C12H18N2O4S. The van der Waals surface area contributed by atoms with Gasteiger partial charge in [0.15, 0.2) is 5.75 Å². The van der Waals surface area contributed by atoms with Crippen molar-refractivity contribution in [2.75, 3.05) is 23.9 Å². The first-order valence-electron chi connectivity index (χ1n) is 5.89. The van der Waals surface area contributed by atoms with Gasteiger partial charge in [0.1, 0.15) is 0 Å². The van der Waals surface area contributed by atoms with Crippen LogP contribution in [0.5, 0.6) is 5.75 Å². The van der Waals surface area contributed by atoms with Crippen molar-refractivity contribution in [2.24, 2.45) is 0 Å². The minimum Gasteiger partial charge on any atom is -0.484 e. The lowest BCUT2D eigenvalue weighted by atomic mass is 10.2. The molecule has 0 bridgehead atoms. The fraction of sp³-hybridized carbons (Fsp3) is 0.500. The number of rotatable bonds is 7. The standard InChI is InChI=1S/C12H18N2O4S/c1-9(2)18-12-8-10(13-6-7-19(3)17)4-5-11(12)14(15)16/h4-5,8-9,13H,6-7H2,1-3H3. The number of nitrogens with one attached hydrogen (secondary N) is 1. The zero-order chi connectivity index (χ0) is 14.4. The SMILES string of the molecule is CC(C)Oc1cc(NCCS(C)=O)ccc1[N+](=O)[O-]. The molecule has 1 N–H and O–H groups in total. The second kappa shape index (κ2) is 7.08. The lowest BCUT2D eigenvalue weighted by Gasteiger charge is -2.12. The van der Waals surface area contributed by atoms with Gasteiger partial charge < -0.3 is 10.1 Å². The molecule has 0 amide bonds. The quantitative estimate of drug-likeness (QED) is 0.613. The van der Waals surface area contributed by atoms with Crippen LogP contribution in [0.1, 0.15) is 13.8 Å². The fourth-order valence-corrected chi connectivity index (χ4v) is 1.85. The Labute approximate surface area is 114 Å². The zero-order valence-electron chi connectivity index (χ0n) is 11.2. The van der Waals surface area contributed by atoms with Gasteiger partial charge in [0, 0.05) is 47.2 Å². The van der Waals surface area contributed by atoms with E-state index in [1.165, 1.54) is 6.07 Å². The highest BCUT2D eigenvalue weighted by Gasteiger charge is 2.16. The van der Waals surface area contributed by atoms with Gasteiger partial charge >= 0.3 is 5.69 Å². The molecule has 1 atom stereocenters. The van der Waals surface area contributed by atoms with Crippen LogP contribution < -0.4 is 10.1 Å². The highest BCUT2D eigenvalue weighted by Crippen LogP contribution is 2.30. The summed E-state index contributed by atoms with van der Waals surface area (Å²) in [7, 11) is -0.867. The molecule has 0 aliphatic carbocycles. The summed E-state index contributed by atoms with van der Waals surface area (Å²) in [5, 5.41) is 13.9. The van der Waals surface area contributed by atoms with Crippen molar-refractivity contribution < 1.29 is 13.9 Å². The monoisotopic (exact) mass is 286 g/mol. The predicted molar refractivity (Wildman–Crippen MR) is 76.3 cm³/mol. The topological polar surface area (TPSA) is 81.5 Å². The number of nitro groups is 1. The lowest BCUT2D eigenvalue weighted by Crippen LogP contribution is -2.11. The molecule has 0 radical (unpaired) electrons. The molecule has 1 rings (SSSR count).